The van der Waals surface area contributed by atoms with E-state index in [-0.39, 0.29) is 28.5 Å². The van der Waals surface area contributed by atoms with Crippen molar-refractivity contribution < 1.29 is 14.8 Å². The summed E-state index contributed by atoms with van der Waals surface area (Å²) in [6.45, 7) is 1.67. The average Bonchev–Trinajstić information content (AvgIpc) is 2.85. The number of phenolic OH excluding ortho intramolecular Hbond substituents is 1. The number of carbonyl (C=O) groups is 1. The minimum absolute atomic E-state index is 0.147. The van der Waals surface area contributed by atoms with Gasteiger partial charge in [-0.1, -0.05) is 0 Å². The van der Waals surface area contributed by atoms with E-state index in [4.69, 9.17) is 0 Å². The second-order valence-electron chi connectivity index (χ2n) is 5.34. The van der Waals surface area contributed by atoms with E-state index in [1.54, 1.807) is 19.1 Å². The number of nitrogens with zero attached hydrogens (tertiary/aromatic N) is 3. The van der Waals surface area contributed by atoms with Crippen LogP contribution in [0.25, 0.3) is 6.08 Å². The molecule has 7 nitrogen and oxygen atoms in total. The van der Waals surface area contributed by atoms with Gasteiger partial charge in [0.25, 0.3) is 11.6 Å². The number of amides is 1. The molecular weight excluding hydrogens is 437 g/mol. The standard InChI is InChI=1S/C17H12IN3O4/c1-10-15(9-11-8-14(21(24)25)6-7-16(11)22)17(23)20(19-10)13-4-2-12(18)3-5-13/h2-9,22H,1H3. The second-order valence-corrected chi connectivity index (χ2v) is 6.58. The summed E-state index contributed by atoms with van der Waals surface area (Å²) in [7, 11) is 0. The Kier molecular flexibility index (Phi) is 4.53. The highest BCUT2D eigenvalue weighted by Gasteiger charge is 2.29. The van der Waals surface area contributed by atoms with E-state index in [2.05, 4.69) is 27.7 Å². The smallest absolute Gasteiger partial charge is 0.280 e. The van der Waals surface area contributed by atoms with Gasteiger partial charge in [0.15, 0.2) is 0 Å². The molecule has 0 spiro atoms. The van der Waals surface area contributed by atoms with Crippen LogP contribution in [-0.4, -0.2) is 21.6 Å². The van der Waals surface area contributed by atoms with Crippen LogP contribution in [0.1, 0.15) is 12.5 Å². The summed E-state index contributed by atoms with van der Waals surface area (Å²) in [5.74, 6) is -0.504. The van der Waals surface area contributed by atoms with Gasteiger partial charge >= 0.3 is 0 Å². The highest BCUT2D eigenvalue weighted by Crippen LogP contribution is 2.29. The maximum Gasteiger partial charge on any atom is 0.280 e. The molecule has 0 radical (unpaired) electrons. The van der Waals surface area contributed by atoms with Crippen molar-refractivity contribution in [2.45, 2.75) is 6.92 Å². The van der Waals surface area contributed by atoms with Crippen LogP contribution in [0.4, 0.5) is 11.4 Å². The van der Waals surface area contributed by atoms with Crippen LogP contribution in [0.2, 0.25) is 0 Å². The number of nitro groups is 1. The molecule has 0 bridgehead atoms. The van der Waals surface area contributed by atoms with E-state index < -0.39 is 4.92 Å². The molecule has 2 aromatic rings. The van der Waals surface area contributed by atoms with Gasteiger partial charge in [-0.15, -0.1) is 0 Å². The number of aromatic hydroxyl groups is 1. The van der Waals surface area contributed by atoms with Gasteiger partial charge < -0.3 is 5.11 Å². The molecule has 0 unspecified atom stereocenters. The molecule has 0 aliphatic carbocycles. The molecule has 0 saturated heterocycles. The average molecular weight is 449 g/mol. The molecule has 8 heteroatoms. The first-order chi connectivity index (χ1) is 11.9. The third kappa shape index (κ3) is 3.38. The van der Waals surface area contributed by atoms with E-state index in [0.717, 1.165) is 3.57 Å². The minimum atomic E-state index is -0.559. The second kappa shape index (κ2) is 6.63. The van der Waals surface area contributed by atoms with Gasteiger partial charge in [0.2, 0.25) is 0 Å². The van der Waals surface area contributed by atoms with Gasteiger partial charge in [0.1, 0.15) is 5.75 Å². The Balaban J connectivity index is 1.99. The maximum absolute atomic E-state index is 12.7. The van der Waals surface area contributed by atoms with Gasteiger partial charge in [-0.05, 0) is 65.9 Å². The number of hydrogen-bond acceptors (Lipinski definition) is 5. The van der Waals surface area contributed by atoms with Crippen molar-refractivity contribution in [2.75, 3.05) is 5.01 Å². The first-order valence-corrected chi connectivity index (χ1v) is 8.29. The molecule has 0 saturated carbocycles. The zero-order valence-corrected chi connectivity index (χ0v) is 15.2. The molecule has 126 valence electrons. The Morgan fingerprint density at radius 2 is 1.92 bits per heavy atom. The Hall–Kier alpha value is -2.75. The van der Waals surface area contributed by atoms with Crippen molar-refractivity contribution in [3.8, 4) is 5.75 Å². The summed E-state index contributed by atoms with van der Waals surface area (Å²) in [6, 6.07) is 10.9. The number of nitro benzene ring substituents is 1. The largest absolute Gasteiger partial charge is 0.507 e. The molecule has 1 amide bonds. The highest BCUT2D eigenvalue weighted by molar-refractivity contribution is 14.1. The summed E-state index contributed by atoms with van der Waals surface area (Å²) in [5, 5.41) is 26.3. The summed E-state index contributed by atoms with van der Waals surface area (Å²) < 4.78 is 1.03. The fraction of sp³-hybridized carbons (Fsp3) is 0.0588. The maximum atomic E-state index is 12.7. The number of halogens is 1. The molecule has 0 aromatic heterocycles. The van der Waals surface area contributed by atoms with Crippen LogP contribution < -0.4 is 5.01 Å². The summed E-state index contributed by atoms with van der Waals surface area (Å²) >= 11 is 2.17. The first-order valence-electron chi connectivity index (χ1n) is 7.21. The lowest BCUT2D eigenvalue weighted by molar-refractivity contribution is -0.384. The highest BCUT2D eigenvalue weighted by atomic mass is 127. The number of phenols is 1. The zero-order chi connectivity index (χ0) is 18.1. The number of carbonyl (C=O) groups excluding carboxylic acids is 1. The zero-order valence-electron chi connectivity index (χ0n) is 13.0. The van der Waals surface area contributed by atoms with E-state index >= 15 is 0 Å². The van der Waals surface area contributed by atoms with Crippen LogP contribution >= 0.6 is 22.6 Å². The summed E-state index contributed by atoms with van der Waals surface area (Å²) in [5.41, 5.74) is 1.39. The van der Waals surface area contributed by atoms with Crippen LogP contribution in [0.5, 0.6) is 5.75 Å². The van der Waals surface area contributed by atoms with Crippen molar-refractivity contribution in [1.29, 1.82) is 0 Å². The number of hydrogen-bond donors (Lipinski definition) is 1. The van der Waals surface area contributed by atoms with E-state index in [1.807, 2.05) is 12.1 Å². The molecule has 25 heavy (non-hydrogen) atoms. The number of anilines is 1. The first kappa shape index (κ1) is 17.1. The third-order valence-electron chi connectivity index (χ3n) is 3.66. The fourth-order valence-electron chi connectivity index (χ4n) is 2.37. The molecule has 1 aliphatic heterocycles. The van der Waals surface area contributed by atoms with Gasteiger partial charge in [-0.2, -0.15) is 10.1 Å². The quantitative estimate of drug-likeness (QED) is 0.335. The molecule has 0 atom stereocenters. The fourth-order valence-corrected chi connectivity index (χ4v) is 2.73. The molecule has 0 fully saturated rings. The van der Waals surface area contributed by atoms with Crippen LogP contribution in [0.15, 0.2) is 53.1 Å². The molecule has 1 aliphatic rings. The topological polar surface area (TPSA) is 96.0 Å². The van der Waals surface area contributed by atoms with Crippen molar-refractivity contribution in [3.05, 3.63) is 67.3 Å². The SMILES string of the molecule is CC1=NN(c2ccc(I)cc2)C(=O)C1=Cc1cc([N+](=O)[O-])ccc1O. The van der Waals surface area contributed by atoms with Gasteiger partial charge in [-0.3, -0.25) is 14.9 Å². The van der Waals surface area contributed by atoms with E-state index in [1.165, 1.54) is 29.3 Å². The monoisotopic (exact) mass is 449 g/mol. The predicted molar refractivity (Wildman–Crippen MR) is 102 cm³/mol. The molecule has 1 N–H and O–H groups in total. The van der Waals surface area contributed by atoms with Crippen LogP contribution in [0.3, 0.4) is 0 Å². The number of hydrazone groups is 1. The van der Waals surface area contributed by atoms with Gasteiger partial charge in [-0.25, -0.2) is 0 Å². The molecule has 1 heterocycles. The van der Waals surface area contributed by atoms with Crippen molar-refractivity contribution in [3.63, 3.8) is 0 Å². The Bertz CT molecular complexity index is 935. The Labute approximate surface area is 156 Å². The minimum Gasteiger partial charge on any atom is -0.507 e. The van der Waals surface area contributed by atoms with Crippen LogP contribution in [-0.2, 0) is 4.79 Å². The Morgan fingerprint density at radius 1 is 1.24 bits per heavy atom. The predicted octanol–water partition coefficient (Wildman–Crippen LogP) is 3.71. The molecular formula is C17H12IN3O4. The summed E-state index contributed by atoms with van der Waals surface area (Å²) in [6.07, 6.45) is 1.41. The summed E-state index contributed by atoms with van der Waals surface area (Å²) in [4.78, 5) is 23.0. The molecule has 2 aromatic carbocycles. The third-order valence-corrected chi connectivity index (χ3v) is 4.37. The number of non-ortho nitro benzene ring substituents is 1. The van der Waals surface area contributed by atoms with Crippen LogP contribution in [0, 0.1) is 13.7 Å². The lowest BCUT2D eigenvalue weighted by Gasteiger charge is -2.11. The van der Waals surface area contributed by atoms with E-state index in [0.29, 0.717) is 11.4 Å². The van der Waals surface area contributed by atoms with Crippen molar-refractivity contribution in [1.82, 2.24) is 0 Å². The van der Waals surface area contributed by atoms with Crippen molar-refractivity contribution >= 4 is 51.7 Å². The normalized spacial score (nSPS) is 15.6. The number of rotatable bonds is 3. The lowest BCUT2D eigenvalue weighted by Crippen LogP contribution is -2.21. The Morgan fingerprint density at radius 3 is 2.56 bits per heavy atom. The van der Waals surface area contributed by atoms with Crippen molar-refractivity contribution in [2.24, 2.45) is 5.10 Å². The van der Waals surface area contributed by atoms with Gasteiger partial charge in [0, 0.05) is 21.3 Å². The lowest BCUT2D eigenvalue weighted by atomic mass is 10.1. The molecule has 3 rings (SSSR count). The number of benzene rings is 2. The van der Waals surface area contributed by atoms with E-state index in [9.17, 15) is 20.0 Å². The van der Waals surface area contributed by atoms with Gasteiger partial charge in [0.05, 0.1) is 21.9 Å².